The van der Waals surface area contributed by atoms with E-state index in [1.807, 2.05) is 12.1 Å². The minimum absolute atomic E-state index is 0.0315. The number of nitrogen functional groups attached to an aromatic ring is 1. The molecule has 3 rings (SSSR count). The van der Waals surface area contributed by atoms with Crippen LogP contribution in [-0.2, 0) is 11.3 Å². The van der Waals surface area contributed by atoms with Crippen LogP contribution in [-0.4, -0.2) is 33.1 Å². The van der Waals surface area contributed by atoms with E-state index in [4.69, 9.17) is 15.2 Å². The van der Waals surface area contributed by atoms with Crippen molar-refractivity contribution >= 4 is 23.6 Å². The zero-order valence-electron chi connectivity index (χ0n) is 14.4. The molecular formula is C18H17N5O4. The van der Waals surface area contributed by atoms with Crippen LogP contribution in [0.1, 0.15) is 16.2 Å². The summed E-state index contributed by atoms with van der Waals surface area (Å²) in [5.41, 5.74) is 6.40. The van der Waals surface area contributed by atoms with Crippen molar-refractivity contribution in [3.05, 3.63) is 59.9 Å². The van der Waals surface area contributed by atoms with Gasteiger partial charge in [0, 0.05) is 0 Å². The molecule has 0 saturated heterocycles. The number of hydrogen-bond donors (Lipinski definition) is 3. The summed E-state index contributed by atoms with van der Waals surface area (Å²) in [5, 5.41) is 12.7. The molecule has 0 unspecified atom stereocenters. The summed E-state index contributed by atoms with van der Waals surface area (Å²) in [5.74, 6) is 0.0341. The van der Waals surface area contributed by atoms with E-state index in [1.54, 1.807) is 31.4 Å². The molecule has 0 aliphatic rings. The topological polar surface area (TPSA) is 132 Å². The number of anilines is 3. The molecule has 0 bridgehead atoms. The number of nitrogens with zero attached hydrogens (tertiary/aromatic N) is 3. The summed E-state index contributed by atoms with van der Waals surface area (Å²) in [6.45, 7) is -0.236. The number of carbonyl (C=O) groups excluding carboxylic acids is 1. The number of phenolic OH excluding ortho intramolecular Hbond substituents is 1. The van der Waals surface area contributed by atoms with Crippen molar-refractivity contribution in [1.29, 1.82) is 0 Å². The second-order valence-electron chi connectivity index (χ2n) is 5.35. The number of aromatic nitrogens is 3. The Bertz CT molecular complexity index is 964. The predicted molar refractivity (Wildman–Crippen MR) is 97.7 cm³/mol. The van der Waals surface area contributed by atoms with Crippen molar-refractivity contribution in [3.63, 3.8) is 0 Å². The lowest BCUT2D eigenvalue weighted by atomic mass is 10.2. The van der Waals surface area contributed by atoms with Gasteiger partial charge in [0.05, 0.1) is 12.8 Å². The average molecular weight is 367 g/mol. The number of para-hydroxylation sites is 3. The Morgan fingerprint density at radius 1 is 1.11 bits per heavy atom. The van der Waals surface area contributed by atoms with E-state index in [-0.39, 0.29) is 35.6 Å². The fraction of sp³-hybridized carbons (Fsp3) is 0.111. The molecule has 0 saturated carbocycles. The van der Waals surface area contributed by atoms with E-state index in [2.05, 4.69) is 20.3 Å². The van der Waals surface area contributed by atoms with Crippen molar-refractivity contribution in [2.75, 3.05) is 18.2 Å². The molecule has 1 aromatic heterocycles. The maximum atomic E-state index is 12.1. The van der Waals surface area contributed by atoms with Gasteiger partial charge >= 0.3 is 5.97 Å². The molecule has 9 nitrogen and oxygen atoms in total. The van der Waals surface area contributed by atoms with Crippen molar-refractivity contribution in [1.82, 2.24) is 15.0 Å². The van der Waals surface area contributed by atoms with E-state index >= 15 is 0 Å². The number of carbonyl (C=O) groups is 1. The van der Waals surface area contributed by atoms with Gasteiger partial charge in [-0.05, 0) is 24.3 Å². The number of hydrogen-bond acceptors (Lipinski definition) is 9. The summed E-state index contributed by atoms with van der Waals surface area (Å²) >= 11 is 0. The second kappa shape index (κ2) is 8.00. The van der Waals surface area contributed by atoms with Gasteiger partial charge in [0.25, 0.3) is 0 Å². The molecule has 0 radical (unpaired) electrons. The van der Waals surface area contributed by atoms with Gasteiger partial charge in [-0.1, -0.05) is 24.3 Å². The lowest BCUT2D eigenvalue weighted by Gasteiger charge is -2.11. The van der Waals surface area contributed by atoms with Gasteiger partial charge in [-0.15, -0.1) is 0 Å². The first-order chi connectivity index (χ1) is 13.1. The quantitative estimate of drug-likeness (QED) is 0.561. The Morgan fingerprint density at radius 2 is 1.85 bits per heavy atom. The Balaban J connectivity index is 1.74. The SMILES string of the molecule is COc1ccccc1Nc1nc(N)nc(COC(=O)c2ccccc2O)n1. The molecule has 0 amide bonds. The van der Waals surface area contributed by atoms with Crippen molar-refractivity contribution in [2.24, 2.45) is 0 Å². The number of nitrogens with one attached hydrogen (secondary N) is 1. The highest BCUT2D eigenvalue weighted by Gasteiger charge is 2.14. The lowest BCUT2D eigenvalue weighted by Crippen LogP contribution is -2.11. The molecule has 138 valence electrons. The maximum absolute atomic E-state index is 12.1. The Morgan fingerprint density at radius 3 is 2.63 bits per heavy atom. The first kappa shape index (κ1) is 17.9. The van der Waals surface area contributed by atoms with E-state index in [9.17, 15) is 9.90 Å². The zero-order chi connectivity index (χ0) is 19.2. The van der Waals surface area contributed by atoms with E-state index in [0.717, 1.165) is 0 Å². The number of ether oxygens (including phenoxy) is 2. The van der Waals surface area contributed by atoms with Crippen molar-refractivity contribution < 1.29 is 19.4 Å². The maximum Gasteiger partial charge on any atom is 0.342 e. The third-order valence-corrected chi connectivity index (χ3v) is 3.51. The highest BCUT2D eigenvalue weighted by Crippen LogP contribution is 2.25. The summed E-state index contributed by atoms with van der Waals surface area (Å²) < 4.78 is 10.4. The molecule has 4 N–H and O–H groups in total. The van der Waals surface area contributed by atoms with Crippen LogP contribution in [0.2, 0.25) is 0 Å². The molecule has 1 heterocycles. The molecule has 0 fully saturated rings. The van der Waals surface area contributed by atoms with Crippen LogP contribution in [0.25, 0.3) is 0 Å². The number of nitrogens with two attached hydrogens (primary N) is 1. The van der Waals surface area contributed by atoms with Crippen LogP contribution in [0.15, 0.2) is 48.5 Å². The predicted octanol–water partition coefficient (Wildman–Crippen LogP) is 2.27. The number of aromatic hydroxyl groups is 1. The van der Waals surface area contributed by atoms with Gasteiger partial charge in [0.15, 0.2) is 12.4 Å². The standard InChI is InChI=1S/C18H17N5O4/c1-26-14-9-5-3-7-12(14)20-18-22-15(21-17(19)23-18)10-27-16(25)11-6-2-4-8-13(11)24/h2-9,24H,10H2,1H3,(H3,19,20,21,22,23). The number of phenols is 1. The Kier molecular flexibility index (Phi) is 5.31. The smallest absolute Gasteiger partial charge is 0.342 e. The zero-order valence-corrected chi connectivity index (χ0v) is 14.4. The monoisotopic (exact) mass is 367 g/mol. The van der Waals surface area contributed by atoms with Gasteiger partial charge in [-0.25, -0.2) is 4.79 Å². The van der Waals surface area contributed by atoms with E-state index in [0.29, 0.717) is 11.4 Å². The largest absolute Gasteiger partial charge is 0.507 e. The molecule has 9 heteroatoms. The summed E-state index contributed by atoms with van der Waals surface area (Å²) in [4.78, 5) is 24.2. The minimum atomic E-state index is -0.702. The van der Waals surface area contributed by atoms with Crippen LogP contribution in [0.3, 0.4) is 0 Å². The Hall–Kier alpha value is -3.88. The van der Waals surface area contributed by atoms with Crippen LogP contribution >= 0.6 is 0 Å². The normalized spacial score (nSPS) is 10.3. The first-order valence-corrected chi connectivity index (χ1v) is 7.92. The van der Waals surface area contributed by atoms with Crippen LogP contribution in [0.4, 0.5) is 17.6 Å². The molecule has 3 aromatic rings. The number of methoxy groups -OCH3 is 1. The van der Waals surface area contributed by atoms with Crippen LogP contribution in [0.5, 0.6) is 11.5 Å². The third-order valence-electron chi connectivity index (χ3n) is 3.51. The average Bonchev–Trinajstić information content (AvgIpc) is 2.66. The Labute approximate surface area is 154 Å². The molecular weight excluding hydrogens is 350 g/mol. The summed E-state index contributed by atoms with van der Waals surface area (Å²) in [6, 6.07) is 13.3. The molecule has 27 heavy (non-hydrogen) atoms. The van der Waals surface area contributed by atoms with Gasteiger partial charge in [-0.3, -0.25) is 0 Å². The molecule has 0 aliphatic carbocycles. The summed E-state index contributed by atoms with van der Waals surface area (Å²) in [7, 11) is 1.55. The first-order valence-electron chi connectivity index (χ1n) is 7.92. The highest BCUT2D eigenvalue weighted by atomic mass is 16.5. The lowest BCUT2D eigenvalue weighted by molar-refractivity contribution is 0.0459. The van der Waals surface area contributed by atoms with Crippen LogP contribution < -0.4 is 15.8 Å². The number of benzene rings is 2. The number of esters is 1. The van der Waals surface area contributed by atoms with Crippen molar-refractivity contribution in [3.8, 4) is 11.5 Å². The van der Waals surface area contributed by atoms with Crippen molar-refractivity contribution in [2.45, 2.75) is 6.61 Å². The second-order valence-corrected chi connectivity index (χ2v) is 5.35. The fourth-order valence-corrected chi connectivity index (χ4v) is 2.28. The van der Waals surface area contributed by atoms with Gasteiger partial charge < -0.3 is 25.6 Å². The summed E-state index contributed by atoms with van der Waals surface area (Å²) in [6.07, 6.45) is 0. The van der Waals surface area contributed by atoms with Gasteiger partial charge in [0.1, 0.15) is 17.1 Å². The third kappa shape index (κ3) is 4.40. The highest BCUT2D eigenvalue weighted by molar-refractivity contribution is 5.92. The molecule has 0 aliphatic heterocycles. The fourth-order valence-electron chi connectivity index (χ4n) is 2.28. The molecule has 2 aromatic carbocycles. The number of rotatable bonds is 6. The molecule has 0 atom stereocenters. The van der Waals surface area contributed by atoms with E-state index < -0.39 is 5.97 Å². The van der Waals surface area contributed by atoms with Gasteiger partial charge in [0.2, 0.25) is 11.9 Å². The minimum Gasteiger partial charge on any atom is -0.507 e. The molecule has 0 spiro atoms. The van der Waals surface area contributed by atoms with Crippen LogP contribution in [0, 0.1) is 0 Å². The van der Waals surface area contributed by atoms with E-state index in [1.165, 1.54) is 12.1 Å². The van der Waals surface area contributed by atoms with Gasteiger partial charge in [-0.2, -0.15) is 15.0 Å².